The van der Waals surface area contributed by atoms with Gasteiger partial charge in [-0.15, -0.1) is 0 Å². The molecule has 204 valence electrons. The number of hydrogen-bond donors (Lipinski definition) is 1. The Morgan fingerprint density at radius 3 is 2.18 bits per heavy atom. The number of anilines is 3. The van der Waals surface area contributed by atoms with Gasteiger partial charge in [0, 0.05) is 78.0 Å². The van der Waals surface area contributed by atoms with Crippen LogP contribution in [0.4, 0.5) is 17.1 Å². The molecule has 5 rings (SSSR count). The van der Waals surface area contributed by atoms with Crippen LogP contribution >= 0.6 is 11.6 Å². The van der Waals surface area contributed by atoms with Gasteiger partial charge in [-0.05, 0) is 62.4 Å². The molecule has 0 spiro atoms. The number of hydrogen-bond acceptors (Lipinski definition) is 7. The fourth-order valence-corrected chi connectivity index (χ4v) is 6.26. The highest BCUT2D eigenvalue weighted by Gasteiger charge is 2.29. The Bertz CT molecular complexity index is 1530. The number of ether oxygens (including phenoxy) is 2. The zero-order valence-corrected chi connectivity index (χ0v) is 23.5. The molecule has 0 saturated carbocycles. The van der Waals surface area contributed by atoms with Gasteiger partial charge in [0.05, 0.1) is 23.6 Å². The number of rotatable bonds is 9. The summed E-state index contributed by atoms with van der Waals surface area (Å²) >= 11 is 6.10. The summed E-state index contributed by atoms with van der Waals surface area (Å²) in [5.74, 6) is 1.48. The first-order valence-electron chi connectivity index (χ1n) is 12.9. The molecule has 1 aliphatic rings. The molecule has 0 amide bonds. The van der Waals surface area contributed by atoms with Crippen LogP contribution in [0.2, 0.25) is 5.02 Å². The number of aromatic nitrogens is 1. The maximum absolute atomic E-state index is 13.4. The second kappa shape index (κ2) is 11.7. The first-order valence-corrected chi connectivity index (χ1v) is 14.8. The van der Waals surface area contributed by atoms with Crippen LogP contribution in [0, 0.1) is 0 Å². The summed E-state index contributed by atoms with van der Waals surface area (Å²) in [5, 5.41) is 4.91. The quantitative estimate of drug-likeness (QED) is 0.268. The smallest absolute Gasteiger partial charge is 0.243 e. The van der Waals surface area contributed by atoms with Crippen molar-refractivity contribution in [1.82, 2.24) is 9.29 Å². The van der Waals surface area contributed by atoms with E-state index in [4.69, 9.17) is 21.1 Å². The Labute approximate surface area is 234 Å². The van der Waals surface area contributed by atoms with Crippen LogP contribution < -0.4 is 19.7 Å². The molecule has 4 aromatic rings. The van der Waals surface area contributed by atoms with Crippen LogP contribution in [-0.4, -0.2) is 57.1 Å². The molecule has 0 radical (unpaired) electrons. The lowest BCUT2D eigenvalue weighted by Gasteiger charge is -2.35. The molecule has 1 aliphatic heterocycles. The molecule has 1 aromatic heterocycles. The molecule has 1 saturated heterocycles. The van der Waals surface area contributed by atoms with E-state index < -0.39 is 10.0 Å². The highest BCUT2D eigenvalue weighted by atomic mass is 35.5. The molecule has 1 fully saturated rings. The van der Waals surface area contributed by atoms with Crippen molar-refractivity contribution in [3.05, 3.63) is 77.9 Å². The molecule has 0 atom stereocenters. The molecule has 3 aromatic carbocycles. The van der Waals surface area contributed by atoms with Gasteiger partial charge in [0.25, 0.3) is 0 Å². The largest absolute Gasteiger partial charge is 0.494 e. The van der Waals surface area contributed by atoms with Gasteiger partial charge in [0.2, 0.25) is 10.0 Å². The van der Waals surface area contributed by atoms with E-state index in [1.165, 1.54) is 0 Å². The summed E-state index contributed by atoms with van der Waals surface area (Å²) in [4.78, 5) is 6.80. The third-order valence-corrected chi connectivity index (χ3v) is 8.71. The lowest BCUT2D eigenvalue weighted by molar-refractivity contribution is 0.322. The maximum atomic E-state index is 13.4. The van der Waals surface area contributed by atoms with E-state index >= 15 is 0 Å². The second-order valence-corrected chi connectivity index (χ2v) is 11.5. The first kappa shape index (κ1) is 27.1. The topological polar surface area (TPSA) is 84.0 Å². The summed E-state index contributed by atoms with van der Waals surface area (Å²) in [6, 6.07) is 20.1. The average Bonchev–Trinajstić information content (AvgIpc) is 2.94. The molecule has 0 bridgehead atoms. The van der Waals surface area contributed by atoms with Crippen LogP contribution in [-0.2, 0) is 10.0 Å². The van der Waals surface area contributed by atoms with Crippen molar-refractivity contribution in [2.45, 2.75) is 18.7 Å². The number of pyridine rings is 1. The highest BCUT2D eigenvalue weighted by molar-refractivity contribution is 7.89. The predicted octanol–water partition coefficient (Wildman–Crippen LogP) is 5.94. The molecule has 39 heavy (non-hydrogen) atoms. The van der Waals surface area contributed by atoms with Crippen molar-refractivity contribution in [3.8, 4) is 11.5 Å². The summed E-state index contributed by atoms with van der Waals surface area (Å²) in [7, 11) is -3.63. The van der Waals surface area contributed by atoms with E-state index in [9.17, 15) is 8.42 Å². The molecular formula is C29H31ClN4O4S. The number of fused-ring (bicyclic) bond motifs is 1. The van der Waals surface area contributed by atoms with Crippen LogP contribution in [0.1, 0.15) is 13.8 Å². The summed E-state index contributed by atoms with van der Waals surface area (Å²) in [6.07, 6.45) is 1.71. The summed E-state index contributed by atoms with van der Waals surface area (Å²) in [5.41, 5.74) is 3.39. The van der Waals surface area contributed by atoms with Crippen LogP contribution in [0.3, 0.4) is 0 Å². The fraction of sp³-hybridized carbons (Fsp3) is 0.276. The van der Waals surface area contributed by atoms with E-state index in [2.05, 4.69) is 15.2 Å². The summed E-state index contributed by atoms with van der Waals surface area (Å²) in [6.45, 7) is 6.91. The van der Waals surface area contributed by atoms with Crippen molar-refractivity contribution in [1.29, 1.82) is 0 Å². The number of nitrogens with zero attached hydrogens (tertiary/aromatic N) is 3. The van der Waals surface area contributed by atoms with Crippen LogP contribution in [0.5, 0.6) is 11.5 Å². The third kappa shape index (κ3) is 6.06. The van der Waals surface area contributed by atoms with Gasteiger partial charge in [-0.25, -0.2) is 8.42 Å². The van der Waals surface area contributed by atoms with Crippen LogP contribution in [0.15, 0.2) is 77.8 Å². The molecule has 2 heterocycles. The van der Waals surface area contributed by atoms with E-state index in [1.807, 2.05) is 56.3 Å². The van der Waals surface area contributed by atoms with Crippen molar-refractivity contribution in [2.24, 2.45) is 0 Å². The minimum Gasteiger partial charge on any atom is -0.494 e. The maximum Gasteiger partial charge on any atom is 0.243 e. The third-order valence-electron chi connectivity index (χ3n) is 6.57. The van der Waals surface area contributed by atoms with E-state index in [-0.39, 0.29) is 4.90 Å². The Morgan fingerprint density at radius 1 is 0.872 bits per heavy atom. The van der Waals surface area contributed by atoms with Gasteiger partial charge in [0.15, 0.2) is 0 Å². The minimum atomic E-state index is -3.63. The fourth-order valence-electron chi connectivity index (χ4n) is 4.67. The normalized spacial score (nSPS) is 14.4. The molecule has 8 nitrogen and oxygen atoms in total. The molecule has 1 N–H and O–H groups in total. The van der Waals surface area contributed by atoms with Gasteiger partial charge in [-0.3, -0.25) is 4.98 Å². The lowest BCUT2D eigenvalue weighted by atomic mass is 10.2. The average molecular weight is 567 g/mol. The lowest BCUT2D eigenvalue weighted by Crippen LogP contribution is -2.48. The minimum absolute atomic E-state index is 0.268. The molecule has 0 unspecified atom stereocenters. The Kier molecular flexibility index (Phi) is 8.11. The highest BCUT2D eigenvalue weighted by Crippen LogP contribution is 2.31. The number of sulfonamides is 1. The monoisotopic (exact) mass is 566 g/mol. The van der Waals surface area contributed by atoms with Gasteiger partial charge >= 0.3 is 0 Å². The second-order valence-electron chi connectivity index (χ2n) is 9.09. The van der Waals surface area contributed by atoms with Crippen LogP contribution in [0.25, 0.3) is 10.9 Å². The van der Waals surface area contributed by atoms with E-state index in [0.29, 0.717) is 44.4 Å². The van der Waals surface area contributed by atoms with Crippen molar-refractivity contribution in [2.75, 3.05) is 49.6 Å². The Balaban J connectivity index is 1.27. The van der Waals surface area contributed by atoms with E-state index in [1.54, 1.807) is 34.8 Å². The number of halogens is 1. The molecular weight excluding hydrogens is 536 g/mol. The number of piperazine rings is 1. The Hall–Kier alpha value is -3.53. The van der Waals surface area contributed by atoms with Crippen molar-refractivity contribution < 1.29 is 17.9 Å². The van der Waals surface area contributed by atoms with Crippen molar-refractivity contribution in [3.63, 3.8) is 0 Å². The first-order chi connectivity index (χ1) is 18.9. The van der Waals surface area contributed by atoms with Gasteiger partial charge in [0.1, 0.15) is 11.5 Å². The standard InChI is InChI=1S/C29H31ClN4O4S/c1-3-37-24-18-23(19-25(20-24)38-4-2)33-13-15-34(16-14-33)39(35,36)26-8-6-22(7-9-26)32-28-11-12-31-29-17-21(30)5-10-27(28)29/h5-12,17-20H,3-4,13-16H2,1-2H3,(H,31,32). The zero-order valence-electron chi connectivity index (χ0n) is 21.9. The van der Waals surface area contributed by atoms with Gasteiger partial charge in [-0.2, -0.15) is 4.31 Å². The molecule has 0 aliphatic carbocycles. The van der Waals surface area contributed by atoms with Gasteiger partial charge < -0.3 is 19.7 Å². The Morgan fingerprint density at radius 2 is 1.54 bits per heavy atom. The zero-order chi connectivity index (χ0) is 27.4. The molecule has 10 heteroatoms. The van der Waals surface area contributed by atoms with Crippen molar-refractivity contribution >= 4 is 49.6 Å². The summed E-state index contributed by atoms with van der Waals surface area (Å²) < 4.78 is 39.8. The SMILES string of the molecule is CCOc1cc(OCC)cc(N2CCN(S(=O)(=O)c3ccc(Nc4ccnc5cc(Cl)ccc45)cc3)CC2)c1. The number of nitrogens with one attached hydrogen (secondary N) is 1. The number of benzene rings is 3. The predicted molar refractivity (Wildman–Crippen MR) is 156 cm³/mol. The van der Waals surface area contributed by atoms with Gasteiger partial charge in [-0.1, -0.05) is 11.6 Å². The van der Waals surface area contributed by atoms with E-state index in [0.717, 1.165) is 39.5 Å².